The Morgan fingerprint density at radius 1 is 0.342 bits per heavy atom. The molecular formula is C35H23N3. The number of pyridine rings is 1. The lowest BCUT2D eigenvalue weighted by molar-refractivity contribution is 1.18. The van der Waals surface area contributed by atoms with E-state index in [2.05, 4.69) is 120 Å². The fourth-order valence-corrected chi connectivity index (χ4v) is 4.95. The van der Waals surface area contributed by atoms with Gasteiger partial charge < -0.3 is 0 Å². The van der Waals surface area contributed by atoms with E-state index in [0.29, 0.717) is 5.82 Å². The molecule has 38 heavy (non-hydrogen) atoms. The quantitative estimate of drug-likeness (QED) is 0.250. The van der Waals surface area contributed by atoms with Gasteiger partial charge in [0, 0.05) is 29.1 Å². The molecule has 0 radical (unpaired) electrons. The van der Waals surface area contributed by atoms with E-state index in [-0.39, 0.29) is 0 Å². The van der Waals surface area contributed by atoms with Crippen LogP contribution in [-0.4, -0.2) is 15.0 Å². The Hall–Kier alpha value is -5.15. The molecule has 178 valence electrons. The molecule has 0 amide bonds. The van der Waals surface area contributed by atoms with Gasteiger partial charge in [-0.2, -0.15) is 0 Å². The van der Waals surface area contributed by atoms with Crippen LogP contribution in [0.2, 0.25) is 0 Å². The van der Waals surface area contributed by atoms with E-state index in [9.17, 15) is 0 Å². The third-order valence-corrected chi connectivity index (χ3v) is 6.95. The van der Waals surface area contributed by atoms with Crippen molar-refractivity contribution in [2.75, 3.05) is 0 Å². The van der Waals surface area contributed by atoms with Gasteiger partial charge in [0.2, 0.25) is 0 Å². The van der Waals surface area contributed by atoms with Gasteiger partial charge in [-0.25, -0.2) is 9.97 Å². The monoisotopic (exact) mass is 485 g/mol. The van der Waals surface area contributed by atoms with E-state index < -0.39 is 0 Å². The summed E-state index contributed by atoms with van der Waals surface area (Å²) in [6, 6.07) is 44.4. The maximum atomic E-state index is 5.08. The summed E-state index contributed by atoms with van der Waals surface area (Å²) < 4.78 is 0. The van der Waals surface area contributed by atoms with Crippen molar-refractivity contribution in [2.24, 2.45) is 0 Å². The van der Waals surface area contributed by atoms with Crippen molar-refractivity contribution in [3.63, 3.8) is 0 Å². The van der Waals surface area contributed by atoms with Gasteiger partial charge >= 0.3 is 0 Å². The normalized spacial score (nSPS) is 11.2. The average molecular weight is 486 g/mol. The van der Waals surface area contributed by atoms with Gasteiger partial charge in [-0.05, 0) is 69.1 Å². The summed E-state index contributed by atoms with van der Waals surface area (Å²) in [6.45, 7) is 0. The zero-order valence-corrected chi connectivity index (χ0v) is 20.6. The van der Waals surface area contributed by atoms with Crippen LogP contribution in [0.15, 0.2) is 140 Å². The molecule has 5 aromatic carbocycles. The minimum absolute atomic E-state index is 0.703. The van der Waals surface area contributed by atoms with Gasteiger partial charge in [-0.1, -0.05) is 91.0 Å². The second-order valence-corrected chi connectivity index (χ2v) is 9.40. The summed E-state index contributed by atoms with van der Waals surface area (Å²) in [7, 11) is 0. The van der Waals surface area contributed by atoms with E-state index in [1.807, 2.05) is 24.5 Å². The molecule has 0 spiro atoms. The molecule has 0 fully saturated rings. The standard InChI is InChI=1S/C35H23N3/c1-3-8-27-20-30(14-12-24(27)6-1)33-23-34(31-15-13-25-7-2-4-9-28(25)21-31)38-35(37-33)32-11-5-10-29(22-32)26-16-18-36-19-17-26/h1-23H. The van der Waals surface area contributed by atoms with E-state index in [0.717, 1.165) is 39.2 Å². The third-order valence-electron chi connectivity index (χ3n) is 6.95. The second kappa shape index (κ2) is 9.38. The summed E-state index contributed by atoms with van der Waals surface area (Å²) >= 11 is 0. The summed E-state index contributed by atoms with van der Waals surface area (Å²) in [5, 5.41) is 4.81. The van der Waals surface area contributed by atoms with Crippen LogP contribution in [0.3, 0.4) is 0 Å². The number of hydrogen-bond donors (Lipinski definition) is 0. The minimum atomic E-state index is 0.703. The highest BCUT2D eigenvalue weighted by Crippen LogP contribution is 2.32. The number of nitrogens with zero attached hydrogens (tertiary/aromatic N) is 3. The summed E-state index contributed by atoms with van der Waals surface area (Å²) in [5.74, 6) is 0.703. The van der Waals surface area contributed by atoms with E-state index in [1.54, 1.807) is 0 Å². The summed E-state index contributed by atoms with van der Waals surface area (Å²) in [5.41, 5.74) is 7.14. The molecule has 0 aliphatic carbocycles. The predicted molar refractivity (Wildman–Crippen MR) is 157 cm³/mol. The Morgan fingerprint density at radius 3 is 1.50 bits per heavy atom. The molecule has 0 saturated carbocycles. The lowest BCUT2D eigenvalue weighted by Crippen LogP contribution is -1.96. The molecule has 0 atom stereocenters. The van der Waals surface area contributed by atoms with Crippen molar-refractivity contribution < 1.29 is 0 Å². The molecule has 2 aromatic heterocycles. The topological polar surface area (TPSA) is 38.7 Å². The van der Waals surface area contributed by atoms with Crippen molar-refractivity contribution in [1.82, 2.24) is 15.0 Å². The molecule has 0 N–H and O–H groups in total. The number of hydrogen-bond acceptors (Lipinski definition) is 3. The molecule has 0 aliphatic rings. The van der Waals surface area contributed by atoms with E-state index >= 15 is 0 Å². The molecule has 3 heteroatoms. The number of fused-ring (bicyclic) bond motifs is 2. The van der Waals surface area contributed by atoms with Crippen LogP contribution in [0, 0.1) is 0 Å². The first-order valence-corrected chi connectivity index (χ1v) is 12.7. The fourth-order valence-electron chi connectivity index (χ4n) is 4.95. The molecule has 3 nitrogen and oxygen atoms in total. The van der Waals surface area contributed by atoms with E-state index in [4.69, 9.17) is 9.97 Å². The molecule has 7 rings (SSSR count). The van der Waals surface area contributed by atoms with Gasteiger partial charge in [0.05, 0.1) is 11.4 Å². The van der Waals surface area contributed by atoms with Crippen molar-refractivity contribution in [1.29, 1.82) is 0 Å². The molecule has 0 unspecified atom stereocenters. The van der Waals surface area contributed by atoms with Crippen molar-refractivity contribution in [2.45, 2.75) is 0 Å². The van der Waals surface area contributed by atoms with Crippen molar-refractivity contribution in [3.05, 3.63) is 140 Å². The minimum Gasteiger partial charge on any atom is -0.265 e. The van der Waals surface area contributed by atoms with Crippen LogP contribution >= 0.6 is 0 Å². The van der Waals surface area contributed by atoms with Crippen LogP contribution in [0.25, 0.3) is 66.6 Å². The zero-order chi connectivity index (χ0) is 25.3. The number of rotatable bonds is 4. The first-order chi connectivity index (χ1) is 18.8. The van der Waals surface area contributed by atoms with Crippen LogP contribution in [-0.2, 0) is 0 Å². The maximum absolute atomic E-state index is 5.08. The molecule has 0 aliphatic heterocycles. The Bertz CT molecular complexity index is 1830. The Morgan fingerprint density at radius 2 is 0.895 bits per heavy atom. The SMILES string of the molecule is c1cc(-c2ccncc2)cc(-c2nc(-c3ccc4ccccc4c3)cc(-c3ccc4ccccc4c3)n2)c1. The van der Waals surface area contributed by atoms with Gasteiger partial charge in [-0.15, -0.1) is 0 Å². The maximum Gasteiger partial charge on any atom is 0.160 e. The predicted octanol–water partition coefficient (Wildman–Crippen LogP) is 8.85. The van der Waals surface area contributed by atoms with Gasteiger partial charge in [0.15, 0.2) is 5.82 Å². The summed E-state index contributed by atoms with van der Waals surface area (Å²) in [4.78, 5) is 14.3. The van der Waals surface area contributed by atoms with Crippen molar-refractivity contribution >= 4 is 21.5 Å². The lowest BCUT2D eigenvalue weighted by Gasteiger charge is -2.11. The Balaban J connectivity index is 1.42. The van der Waals surface area contributed by atoms with Crippen LogP contribution < -0.4 is 0 Å². The molecule has 0 saturated heterocycles. The molecule has 0 bridgehead atoms. The van der Waals surface area contributed by atoms with Crippen molar-refractivity contribution in [3.8, 4) is 45.0 Å². The summed E-state index contributed by atoms with van der Waals surface area (Å²) in [6.07, 6.45) is 3.63. The number of benzene rings is 5. The highest BCUT2D eigenvalue weighted by atomic mass is 14.9. The third kappa shape index (κ3) is 4.21. The van der Waals surface area contributed by atoms with Gasteiger partial charge in [0.1, 0.15) is 0 Å². The van der Waals surface area contributed by atoms with Crippen LogP contribution in [0.5, 0.6) is 0 Å². The highest BCUT2D eigenvalue weighted by molar-refractivity contribution is 5.89. The lowest BCUT2D eigenvalue weighted by atomic mass is 10.0. The largest absolute Gasteiger partial charge is 0.265 e. The number of aromatic nitrogens is 3. The smallest absolute Gasteiger partial charge is 0.160 e. The van der Waals surface area contributed by atoms with Gasteiger partial charge in [-0.3, -0.25) is 4.98 Å². The molecular weight excluding hydrogens is 462 g/mol. The first kappa shape index (κ1) is 22.1. The fraction of sp³-hybridized carbons (Fsp3) is 0. The Labute approximate surface area is 221 Å². The molecule has 2 heterocycles. The Kier molecular flexibility index (Phi) is 5.45. The van der Waals surface area contributed by atoms with Gasteiger partial charge in [0.25, 0.3) is 0 Å². The second-order valence-electron chi connectivity index (χ2n) is 9.40. The van der Waals surface area contributed by atoms with Crippen LogP contribution in [0.1, 0.15) is 0 Å². The van der Waals surface area contributed by atoms with Crippen LogP contribution in [0.4, 0.5) is 0 Å². The zero-order valence-electron chi connectivity index (χ0n) is 20.6. The first-order valence-electron chi connectivity index (χ1n) is 12.7. The molecule has 7 aromatic rings. The average Bonchev–Trinajstić information content (AvgIpc) is 3.01. The van der Waals surface area contributed by atoms with E-state index in [1.165, 1.54) is 21.5 Å². The highest BCUT2D eigenvalue weighted by Gasteiger charge is 2.12.